The van der Waals surface area contributed by atoms with Crippen molar-refractivity contribution in [3.8, 4) is 0 Å². The first-order valence-electron chi connectivity index (χ1n) is 11.8. The zero-order chi connectivity index (χ0) is 26.6. The molecule has 11 heteroatoms. The van der Waals surface area contributed by atoms with Gasteiger partial charge in [-0.2, -0.15) is 0 Å². The number of hydrogen-bond acceptors (Lipinski definition) is 8. The van der Waals surface area contributed by atoms with Crippen molar-refractivity contribution in [2.45, 2.75) is 23.9 Å². The summed E-state index contributed by atoms with van der Waals surface area (Å²) in [6.07, 6.45) is 0.642. The standard InChI is InChI=1S/C27H24N4O6S/c28-30-24(33)19-15-38-26-21(29-20(32)14-18-12-7-13-36-18)25(34)31(26)22(19)27(35)37-23(16-8-3-1-4-9-16)17-10-5-2-6-11-17/h1-13,21,23,26H,14-15,28H2,(H,29,32)(H,30,33)/t21?,26-/m0/s1. The monoisotopic (exact) mass is 532 g/mol. The number of nitrogens with two attached hydrogens (primary N) is 1. The molecule has 1 unspecified atom stereocenters. The highest BCUT2D eigenvalue weighted by Gasteiger charge is 2.55. The molecule has 1 fully saturated rings. The minimum Gasteiger partial charge on any atom is -0.469 e. The molecule has 5 rings (SSSR count). The lowest BCUT2D eigenvalue weighted by atomic mass is 10.0. The van der Waals surface area contributed by atoms with Gasteiger partial charge in [0.15, 0.2) is 6.10 Å². The van der Waals surface area contributed by atoms with Gasteiger partial charge in [0.05, 0.1) is 18.3 Å². The van der Waals surface area contributed by atoms with Crippen LogP contribution in [0.2, 0.25) is 0 Å². The van der Waals surface area contributed by atoms with Crippen molar-refractivity contribution in [1.82, 2.24) is 15.6 Å². The van der Waals surface area contributed by atoms with Crippen molar-refractivity contribution in [3.63, 3.8) is 0 Å². The van der Waals surface area contributed by atoms with E-state index in [0.717, 1.165) is 11.1 Å². The van der Waals surface area contributed by atoms with Crippen molar-refractivity contribution >= 4 is 35.5 Å². The van der Waals surface area contributed by atoms with Crippen molar-refractivity contribution in [3.05, 3.63) is 107 Å². The number of esters is 1. The number of nitrogens with zero attached hydrogens (tertiary/aromatic N) is 1. The van der Waals surface area contributed by atoms with Gasteiger partial charge in [-0.1, -0.05) is 60.7 Å². The summed E-state index contributed by atoms with van der Waals surface area (Å²) in [4.78, 5) is 53.1. The number of ether oxygens (including phenoxy) is 1. The van der Waals surface area contributed by atoms with Crippen LogP contribution in [0.25, 0.3) is 0 Å². The number of hydrogen-bond donors (Lipinski definition) is 3. The molecular formula is C27H24N4O6S. The molecule has 2 aromatic carbocycles. The van der Waals surface area contributed by atoms with Crippen LogP contribution in [0.3, 0.4) is 0 Å². The topological polar surface area (TPSA) is 144 Å². The van der Waals surface area contributed by atoms with E-state index in [-0.39, 0.29) is 23.4 Å². The lowest BCUT2D eigenvalue weighted by molar-refractivity contribution is -0.155. The third kappa shape index (κ3) is 4.93. The fourth-order valence-corrected chi connectivity index (χ4v) is 5.75. The van der Waals surface area contributed by atoms with Gasteiger partial charge in [0.1, 0.15) is 22.9 Å². The fraction of sp³-hybridized carbons (Fsp3) is 0.185. The minimum atomic E-state index is -0.869. The van der Waals surface area contributed by atoms with E-state index >= 15 is 0 Å². The van der Waals surface area contributed by atoms with E-state index in [9.17, 15) is 19.2 Å². The number of nitrogens with one attached hydrogen (secondary N) is 2. The predicted octanol–water partition coefficient (Wildman–Crippen LogP) is 1.80. The summed E-state index contributed by atoms with van der Waals surface area (Å²) < 4.78 is 11.1. The molecule has 2 aliphatic heterocycles. The first-order valence-corrected chi connectivity index (χ1v) is 12.8. The molecule has 0 bridgehead atoms. The first kappa shape index (κ1) is 25.3. The Hall–Kier alpha value is -4.35. The summed E-state index contributed by atoms with van der Waals surface area (Å²) in [6.45, 7) is 0. The highest BCUT2D eigenvalue weighted by atomic mass is 32.2. The number of rotatable bonds is 8. The number of carbonyl (C=O) groups excluding carboxylic acids is 4. The zero-order valence-electron chi connectivity index (χ0n) is 20.0. The highest BCUT2D eigenvalue weighted by molar-refractivity contribution is 8.00. The van der Waals surface area contributed by atoms with Gasteiger partial charge in [-0.15, -0.1) is 11.8 Å². The van der Waals surface area contributed by atoms with Crippen LogP contribution in [0, 0.1) is 0 Å². The van der Waals surface area contributed by atoms with Crippen LogP contribution in [0.1, 0.15) is 23.0 Å². The van der Waals surface area contributed by atoms with E-state index in [1.54, 1.807) is 12.1 Å². The van der Waals surface area contributed by atoms with Gasteiger partial charge >= 0.3 is 5.97 Å². The van der Waals surface area contributed by atoms with Crippen molar-refractivity contribution in [1.29, 1.82) is 0 Å². The molecule has 1 saturated heterocycles. The van der Waals surface area contributed by atoms with Gasteiger partial charge < -0.3 is 14.5 Å². The van der Waals surface area contributed by atoms with Gasteiger partial charge in [-0.3, -0.25) is 24.7 Å². The number of fused-ring (bicyclic) bond motifs is 1. The van der Waals surface area contributed by atoms with E-state index in [0.29, 0.717) is 5.76 Å². The second-order valence-electron chi connectivity index (χ2n) is 8.62. The second-order valence-corrected chi connectivity index (χ2v) is 9.72. The molecule has 38 heavy (non-hydrogen) atoms. The molecule has 0 spiro atoms. The van der Waals surface area contributed by atoms with Gasteiger partial charge in [0.25, 0.3) is 11.8 Å². The van der Waals surface area contributed by atoms with Gasteiger partial charge in [-0.05, 0) is 23.3 Å². The molecule has 1 aromatic heterocycles. The third-order valence-electron chi connectivity index (χ3n) is 6.23. The number of amides is 3. The summed E-state index contributed by atoms with van der Waals surface area (Å²) >= 11 is 1.24. The zero-order valence-corrected chi connectivity index (χ0v) is 20.9. The number of carbonyl (C=O) groups is 4. The molecule has 2 atom stereocenters. The minimum absolute atomic E-state index is 0.0207. The van der Waals surface area contributed by atoms with Crippen LogP contribution in [-0.2, 0) is 30.3 Å². The maximum absolute atomic E-state index is 13.7. The van der Waals surface area contributed by atoms with Gasteiger partial charge in [0.2, 0.25) is 5.91 Å². The van der Waals surface area contributed by atoms with Crippen LogP contribution >= 0.6 is 11.8 Å². The van der Waals surface area contributed by atoms with Gasteiger partial charge in [-0.25, -0.2) is 10.6 Å². The Morgan fingerprint density at radius 3 is 2.26 bits per heavy atom. The van der Waals surface area contributed by atoms with E-state index in [4.69, 9.17) is 15.0 Å². The number of β-lactam (4-membered cyclic amide) rings is 1. The smallest absolute Gasteiger partial charge is 0.356 e. The van der Waals surface area contributed by atoms with E-state index in [1.807, 2.05) is 66.1 Å². The molecule has 2 aliphatic rings. The van der Waals surface area contributed by atoms with E-state index in [1.165, 1.54) is 22.9 Å². The molecule has 4 N–H and O–H groups in total. The van der Waals surface area contributed by atoms with Crippen molar-refractivity contribution in [2.24, 2.45) is 5.84 Å². The SMILES string of the molecule is NNC(=O)C1=C(C(=O)OC(c2ccccc2)c2ccccc2)N2C(=O)C(NC(=O)Cc3ccco3)[C@@H]2SC1. The second kappa shape index (κ2) is 11.0. The Balaban J connectivity index is 1.41. The van der Waals surface area contributed by atoms with Crippen LogP contribution in [0.5, 0.6) is 0 Å². The molecule has 0 aliphatic carbocycles. The van der Waals surface area contributed by atoms with Crippen LogP contribution in [-0.4, -0.2) is 45.8 Å². The normalized spacial score (nSPS) is 18.5. The third-order valence-corrected chi connectivity index (χ3v) is 7.51. The summed E-state index contributed by atoms with van der Waals surface area (Å²) in [6, 6.07) is 20.8. The summed E-state index contributed by atoms with van der Waals surface area (Å²) in [7, 11) is 0. The lowest BCUT2D eigenvalue weighted by Gasteiger charge is -2.49. The number of furan rings is 1. The van der Waals surface area contributed by atoms with E-state index < -0.39 is 41.2 Å². The highest BCUT2D eigenvalue weighted by Crippen LogP contribution is 2.41. The summed E-state index contributed by atoms with van der Waals surface area (Å²) in [5.41, 5.74) is 3.32. The molecule has 3 aromatic rings. The van der Waals surface area contributed by atoms with Gasteiger partial charge in [0, 0.05) is 5.75 Å². The number of hydrazine groups is 1. The van der Waals surface area contributed by atoms with Crippen LogP contribution in [0.15, 0.2) is 94.7 Å². The van der Waals surface area contributed by atoms with Crippen LogP contribution < -0.4 is 16.6 Å². The molecule has 3 heterocycles. The molecule has 10 nitrogen and oxygen atoms in total. The number of benzene rings is 2. The molecule has 0 radical (unpaired) electrons. The first-order chi connectivity index (χ1) is 18.5. The Kier molecular flexibility index (Phi) is 7.29. The largest absolute Gasteiger partial charge is 0.469 e. The fourth-order valence-electron chi connectivity index (χ4n) is 4.41. The predicted molar refractivity (Wildman–Crippen MR) is 138 cm³/mol. The van der Waals surface area contributed by atoms with E-state index in [2.05, 4.69) is 5.32 Å². The average molecular weight is 533 g/mol. The molecular weight excluding hydrogens is 508 g/mol. The van der Waals surface area contributed by atoms with Crippen molar-refractivity contribution < 1.29 is 28.3 Å². The van der Waals surface area contributed by atoms with Crippen molar-refractivity contribution in [2.75, 3.05) is 5.75 Å². The maximum Gasteiger partial charge on any atom is 0.356 e. The Bertz CT molecular complexity index is 1340. The quantitative estimate of drug-likeness (QED) is 0.131. The number of thioether (sulfide) groups is 1. The Labute approximate surface area is 222 Å². The molecule has 0 saturated carbocycles. The Morgan fingerprint density at radius 1 is 1.03 bits per heavy atom. The summed E-state index contributed by atoms with van der Waals surface area (Å²) in [5, 5.41) is 2.11. The summed E-state index contributed by atoms with van der Waals surface area (Å²) in [5.74, 6) is 3.46. The average Bonchev–Trinajstić information content (AvgIpc) is 3.47. The molecule has 194 valence electrons. The molecule has 3 amide bonds. The Morgan fingerprint density at radius 2 is 1.68 bits per heavy atom. The maximum atomic E-state index is 13.7. The lowest BCUT2D eigenvalue weighted by Crippen LogP contribution is -2.71. The van der Waals surface area contributed by atoms with Crippen LogP contribution in [0.4, 0.5) is 0 Å².